The van der Waals surface area contributed by atoms with Crippen molar-refractivity contribution in [3.63, 3.8) is 0 Å². The minimum absolute atomic E-state index is 0.155. The molecule has 8 heteroatoms. The summed E-state index contributed by atoms with van der Waals surface area (Å²) < 4.78 is 5.33. The van der Waals surface area contributed by atoms with Crippen LogP contribution in [0.5, 0.6) is 0 Å². The van der Waals surface area contributed by atoms with E-state index in [2.05, 4.69) is 20.3 Å². The Labute approximate surface area is 151 Å². The average Bonchev–Trinajstić information content (AvgIpc) is 2.65. The molecular formula is C18H23N5O3. The first kappa shape index (κ1) is 18.1. The summed E-state index contributed by atoms with van der Waals surface area (Å²) in [4.78, 5) is 35.3. The van der Waals surface area contributed by atoms with Gasteiger partial charge in [-0.2, -0.15) is 0 Å². The first-order valence-electron chi connectivity index (χ1n) is 8.57. The fourth-order valence-electron chi connectivity index (χ4n) is 2.95. The van der Waals surface area contributed by atoms with E-state index in [1.165, 1.54) is 0 Å². The Morgan fingerprint density at radius 1 is 1.35 bits per heavy atom. The number of hydrogen-bond donors (Lipinski definition) is 3. The van der Waals surface area contributed by atoms with Crippen LogP contribution in [0.1, 0.15) is 24.1 Å². The van der Waals surface area contributed by atoms with E-state index < -0.39 is 5.41 Å². The van der Waals surface area contributed by atoms with Crippen molar-refractivity contribution in [2.24, 2.45) is 11.1 Å². The number of nitrogens with one attached hydrogen (secondary N) is 2. The summed E-state index contributed by atoms with van der Waals surface area (Å²) >= 11 is 0. The minimum atomic E-state index is -0.612. The minimum Gasteiger partial charge on any atom is -0.381 e. The van der Waals surface area contributed by atoms with Crippen molar-refractivity contribution in [3.05, 3.63) is 39.9 Å². The molecule has 4 N–H and O–H groups in total. The molecule has 1 aliphatic heterocycles. The van der Waals surface area contributed by atoms with Crippen LogP contribution in [0.4, 0.5) is 5.82 Å². The molecule has 26 heavy (non-hydrogen) atoms. The number of amides is 1. The Balaban J connectivity index is 1.74. The van der Waals surface area contributed by atoms with E-state index in [0.717, 1.165) is 0 Å². The lowest BCUT2D eigenvalue weighted by Crippen LogP contribution is -2.46. The molecule has 8 nitrogen and oxygen atoms in total. The van der Waals surface area contributed by atoms with E-state index in [0.29, 0.717) is 61.1 Å². The van der Waals surface area contributed by atoms with E-state index >= 15 is 0 Å². The molecule has 0 saturated carbocycles. The summed E-state index contributed by atoms with van der Waals surface area (Å²) in [6.07, 6.45) is 2.83. The predicted molar refractivity (Wildman–Crippen MR) is 97.7 cm³/mol. The molecule has 1 saturated heterocycles. The summed E-state index contributed by atoms with van der Waals surface area (Å²) in [5.41, 5.74) is 6.85. The number of anilines is 1. The van der Waals surface area contributed by atoms with Crippen molar-refractivity contribution in [1.82, 2.24) is 15.0 Å². The third-order valence-electron chi connectivity index (χ3n) is 5.01. The number of carbonyl (C=O) groups is 1. The number of ether oxygens (including phenoxy) is 1. The first-order chi connectivity index (χ1) is 12.4. The SMILES string of the molecule is Cc1nc(-c2ccc(NCC3(C(N)=O)CCOCC3)nc2)[nH]c(=O)c1C. The highest BCUT2D eigenvalue weighted by atomic mass is 16.5. The molecule has 0 aromatic carbocycles. The number of pyridine rings is 1. The zero-order chi connectivity index (χ0) is 18.7. The maximum Gasteiger partial charge on any atom is 0.254 e. The lowest BCUT2D eigenvalue weighted by atomic mass is 9.79. The van der Waals surface area contributed by atoms with Gasteiger partial charge in [-0.15, -0.1) is 0 Å². The zero-order valence-corrected chi connectivity index (χ0v) is 15.0. The maximum absolute atomic E-state index is 11.9. The second-order valence-electron chi connectivity index (χ2n) is 6.67. The van der Waals surface area contributed by atoms with E-state index in [1.54, 1.807) is 26.1 Å². The van der Waals surface area contributed by atoms with Crippen LogP contribution >= 0.6 is 0 Å². The van der Waals surface area contributed by atoms with Gasteiger partial charge in [0.2, 0.25) is 5.91 Å². The molecule has 0 unspecified atom stereocenters. The molecule has 1 fully saturated rings. The van der Waals surface area contributed by atoms with E-state index in [1.807, 2.05) is 6.07 Å². The molecule has 1 amide bonds. The summed E-state index contributed by atoms with van der Waals surface area (Å²) in [5, 5.41) is 3.19. The Bertz CT molecular complexity index is 854. The van der Waals surface area contributed by atoms with Crippen LogP contribution in [0.15, 0.2) is 23.1 Å². The zero-order valence-electron chi connectivity index (χ0n) is 15.0. The molecule has 138 valence electrons. The summed E-state index contributed by atoms with van der Waals surface area (Å²) in [5.74, 6) is 0.795. The summed E-state index contributed by atoms with van der Waals surface area (Å²) in [7, 11) is 0. The number of nitrogens with two attached hydrogens (primary N) is 1. The van der Waals surface area contributed by atoms with Crippen molar-refractivity contribution in [3.8, 4) is 11.4 Å². The average molecular weight is 357 g/mol. The molecule has 0 radical (unpaired) electrons. The molecule has 3 rings (SSSR count). The fourth-order valence-corrected chi connectivity index (χ4v) is 2.95. The Kier molecular flexibility index (Phi) is 5.03. The van der Waals surface area contributed by atoms with Gasteiger partial charge in [0.05, 0.1) is 5.41 Å². The Morgan fingerprint density at radius 3 is 2.65 bits per heavy atom. The lowest BCUT2D eigenvalue weighted by Gasteiger charge is -2.34. The highest BCUT2D eigenvalue weighted by Gasteiger charge is 2.38. The third-order valence-corrected chi connectivity index (χ3v) is 5.01. The molecular weight excluding hydrogens is 334 g/mol. The van der Waals surface area contributed by atoms with Crippen LogP contribution in [0.2, 0.25) is 0 Å². The molecule has 0 atom stereocenters. The van der Waals surface area contributed by atoms with Gasteiger partial charge in [-0.25, -0.2) is 9.97 Å². The van der Waals surface area contributed by atoms with Crippen molar-refractivity contribution in [2.45, 2.75) is 26.7 Å². The Hall–Kier alpha value is -2.74. The van der Waals surface area contributed by atoms with Crippen LogP contribution in [-0.2, 0) is 9.53 Å². The predicted octanol–water partition coefficient (Wildman–Crippen LogP) is 1.14. The van der Waals surface area contributed by atoms with Crippen LogP contribution in [0.3, 0.4) is 0 Å². The number of carbonyl (C=O) groups excluding carboxylic acids is 1. The molecule has 1 aliphatic rings. The molecule has 3 heterocycles. The van der Waals surface area contributed by atoms with E-state index in [4.69, 9.17) is 10.5 Å². The monoisotopic (exact) mass is 357 g/mol. The number of nitrogens with zero attached hydrogens (tertiary/aromatic N) is 2. The highest BCUT2D eigenvalue weighted by molar-refractivity contribution is 5.81. The van der Waals surface area contributed by atoms with Gasteiger partial charge in [0.1, 0.15) is 11.6 Å². The second kappa shape index (κ2) is 7.25. The smallest absolute Gasteiger partial charge is 0.254 e. The summed E-state index contributed by atoms with van der Waals surface area (Å²) in [6.45, 7) is 5.01. The largest absolute Gasteiger partial charge is 0.381 e. The molecule has 0 aliphatic carbocycles. The van der Waals surface area contributed by atoms with Gasteiger partial charge in [-0.05, 0) is 38.8 Å². The molecule has 0 bridgehead atoms. The normalized spacial score (nSPS) is 16.2. The van der Waals surface area contributed by atoms with Gasteiger partial charge in [0.25, 0.3) is 5.56 Å². The summed E-state index contributed by atoms with van der Waals surface area (Å²) in [6, 6.07) is 3.61. The standard InChI is InChI=1S/C18H23N5O3/c1-11-12(2)22-15(23-16(11)24)13-3-4-14(20-9-13)21-10-18(17(19)25)5-7-26-8-6-18/h3-4,9H,5-8,10H2,1-2H3,(H2,19,25)(H,20,21)(H,22,23,24). The lowest BCUT2D eigenvalue weighted by molar-refractivity contribution is -0.132. The molecule has 2 aromatic heterocycles. The van der Waals surface area contributed by atoms with Crippen molar-refractivity contribution in [2.75, 3.05) is 25.1 Å². The number of primary amides is 1. The number of aromatic amines is 1. The quantitative estimate of drug-likeness (QED) is 0.737. The Morgan fingerprint density at radius 2 is 2.08 bits per heavy atom. The van der Waals surface area contributed by atoms with Crippen LogP contribution in [-0.4, -0.2) is 40.6 Å². The van der Waals surface area contributed by atoms with E-state index in [-0.39, 0.29) is 11.5 Å². The van der Waals surface area contributed by atoms with Gasteiger partial charge < -0.3 is 20.8 Å². The number of aromatic nitrogens is 3. The fraction of sp³-hybridized carbons (Fsp3) is 0.444. The third kappa shape index (κ3) is 3.60. The van der Waals surface area contributed by atoms with Gasteiger partial charge in [0, 0.05) is 42.8 Å². The topological polar surface area (TPSA) is 123 Å². The number of aryl methyl sites for hydroxylation is 1. The van der Waals surface area contributed by atoms with E-state index in [9.17, 15) is 9.59 Å². The maximum atomic E-state index is 11.9. The second-order valence-corrected chi connectivity index (χ2v) is 6.67. The van der Waals surface area contributed by atoms with Gasteiger partial charge in [-0.3, -0.25) is 9.59 Å². The van der Waals surface area contributed by atoms with Crippen molar-refractivity contribution in [1.29, 1.82) is 0 Å². The molecule has 2 aromatic rings. The van der Waals surface area contributed by atoms with Crippen LogP contribution in [0.25, 0.3) is 11.4 Å². The highest BCUT2D eigenvalue weighted by Crippen LogP contribution is 2.30. The van der Waals surface area contributed by atoms with Crippen molar-refractivity contribution < 1.29 is 9.53 Å². The number of rotatable bonds is 5. The van der Waals surface area contributed by atoms with Gasteiger partial charge in [-0.1, -0.05) is 0 Å². The van der Waals surface area contributed by atoms with Gasteiger partial charge in [0.15, 0.2) is 0 Å². The number of H-pyrrole nitrogens is 1. The van der Waals surface area contributed by atoms with Crippen molar-refractivity contribution >= 4 is 11.7 Å². The van der Waals surface area contributed by atoms with Gasteiger partial charge >= 0.3 is 0 Å². The molecule has 0 spiro atoms. The number of hydrogen-bond acceptors (Lipinski definition) is 6. The van der Waals surface area contributed by atoms with Crippen LogP contribution < -0.4 is 16.6 Å². The first-order valence-corrected chi connectivity index (χ1v) is 8.57. The van der Waals surface area contributed by atoms with Crippen LogP contribution in [0, 0.1) is 19.3 Å².